The third-order valence-corrected chi connectivity index (χ3v) is 2.20. The topological polar surface area (TPSA) is 37.9 Å². The molecule has 3 nitrogen and oxygen atoms in total. The SMILES string of the molecule is CCOc1n[nH]cc1Cc1ccccc1. The van der Waals surface area contributed by atoms with Crippen molar-refractivity contribution in [1.29, 1.82) is 0 Å². The van der Waals surface area contributed by atoms with Crippen molar-refractivity contribution in [1.82, 2.24) is 10.2 Å². The van der Waals surface area contributed by atoms with Crippen molar-refractivity contribution in [2.24, 2.45) is 0 Å². The molecule has 0 saturated heterocycles. The van der Waals surface area contributed by atoms with E-state index < -0.39 is 0 Å². The Kier molecular flexibility index (Phi) is 3.02. The fourth-order valence-electron chi connectivity index (χ4n) is 1.51. The summed E-state index contributed by atoms with van der Waals surface area (Å²) in [7, 11) is 0. The number of benzene rings is 1. The van der Waals surface area contributed by atoms with E-state index in [1.165, 1.54) is 5.56 Å². The summed E-state index contributed by atoms with van der Waals surface area (Å²) in [5.41, 5.74) is 2.36. The number of nitrogens with zero attached hydrogens (tertiary/aromatic N) is 1. The number of H-pyrrole nitrogens is 1. The molecule has 1 aromatic heterocycles. The van der Waals surface area contributed by atoms with Gasteiger partial charge in [0.05, 0.1) is 6.61 Å². The molecular formula is C12H14N2O. The second-order valence-electron chi connectivity index (χ2n) is 3.31. The van der Waals surface area contributed by atoms with Crippen molar-refractivity contribution >= 4 is 0 Å². The molecular weight excluding hydrogens is 188 g/mol. The predicted octanol–water partition coefficient (Wildman–Crippen LogP) is 2.40. The van der Waals surface area contributed by atoms with Gasteiger partial charge in [0.2, 0.25) is 5.88 Å². The molecule has 0 aliphatic rings. The number of hydrogen-bond acceptors (Lipinski definition) is 2. The highest BCUT2D eigenvalue weighted by atomic mass is 16.5. The summed E-state index contributed by atoms with van der Waals surface area (Å²) >= 11 is 0. The summed E-state index contributed by atoms with van der Waals surface area (Å²) in [6.07, 6.45) is 2.74. The van der Waals surface area contributed by atoms with E-state index in [0.717, 1.165) is 12.0 Å². The quantitative estimate of drug-likeness (QED) is 0.826. The van der Waals surface area contributed by atoms with Crippen LogP contribution in [0.3, 0.4) is 0 Å². The van der Waals surface area contributed by atoms with E-state index in [0.29, 0.717) is 12.5 Å². The van der Waals surface area contributed by atoms with Crippen LogP contribution in [0.15, 0.2) is 36.5 Å². The zero-order valence-electron chi connectivity index (χ0n) is 8.73. The molecule has 0 aliphatic heterocycles. The summed E-state index contributed by atoms with van der Waals surface area (Å²) in [5, 5.41) is 6.88. The van der Waals surface area contributed by atoms with Crippen LogP contribution in [-0.2, 0) is 6.42 Å². The van der Waals surface area contributed by atoms with E-state index in [9.17, 15) is 0 Å². The fraction of sp³-hybridized carbons (Fsp3) is 0.250. The van der Waals surface area contributed by atoms with Crippen molar-refractivity contribution in [3.05, 3.63) is 47.7 Å². The van der Waals surface area contributed by atoms with E-state index in [4.69, 9.17) is 4.74 Å². The Hall–Kier alpha value is -1.77. The Balaban J connectivity index is 2.14. The minimum Gasteiger partial charge on any atom is -0.477 e. The van der Waals surface area contributed by atoms with Crippen LogP contribution < -0.4 is 4.74 Å². The molecule has 0 unspecified atom stereocenters. The van der Waals surface area contributed by atoms with Crippen LogP contribution in [0, 0.1) is 0 Å². The lowest BCUT2D eigenvalue weighted by Gasteiger charge is -2.02. The first-order chi connectivity index (χ1) is 7.40. The lowest BCUT2D eigenvalue weighted by atomic mass is 10.1. The molecule has 2 rings (SSSR count). The number of ether oxygens (including phenoxy) is 1. The maximum absolute atomic E-state index is 5.41. The van der Waals surface area contributed by atoms with Gasteiger partial charge in [-0.15, -0.1) is 5.10 Å². The summed E-state index contributed by atoms with van der Waals surface area (Å²) in [4.78, 5) is 0. The first-order valence-electron chi connectivity index (χ1n) is 5.09. The molecule has 0 saturated carbocycles. The lowest BCUT2D eigenvalue weighted by molar-refractivity contribution is 0.323. The first-order valence-corrected chi connectivity index (χ1v) is 5.09. The first kappa shape index (κ1) is 9.77. The average molecular weight is 202 g/mol. The number of rotatable bonds is 4. The Bertz CT molecular complexity index is 409. The molecule has 15 heavy (non-hydrogen) atoms. The minimum atomic E-state index is 0.645. The maximum Gasteiger partial charge on any atom is 0.236 e. The molecule has 78 valence electrons. The van der Waals surface area contributed by atoms with Gasteiger partial charge in [0, 0.05) is 18.2 Å². The third-order valence-electron chi connectivity index (χ3n) is 2.20. The van der Waals surface area contributed by atoms with Crippen LogP contribution in [0.4, 0.5) is 0 Å². The smallest absolute Gasteiger partial charge is 0.236 e. The number of aromatic amines is 1. The van der Waals surface area contributed by atoms with Gasteiger partial charge in [-0.05, 0) is 12.5 Å². The molecule has 0 amide bonds. The molecule has 0 atom stereocenters. The van der Waals surface area contributed by atoms with E-state index in [1.54, 1.807) is 0 Å². The molecule has 3 heteroatoms. The Morgan fingerprint density at radius 3 is 2.80 bits per heavy atom. The van der Waals surface area contributed by atoms with Crippen molar-refractivity contribution in [3.63, 3.8) is 0 Å². The third kappa shape index (κ3) is 2.37. The van der Waals surface area contributed by atoms with Crippen LogP contribution in [0.25, 0.3) is 0 Å². The zero-order valence-corrected chi connectivity index (χ0v) is 8.73. The molecule has 1 aromatic carbocycles. The second-order valence-corrected chi connectivity index (χ2v) is 3.31. The lowest BCUT2D eigenvalue weighted by Crippen LogP contribution is -1.96. The highest BCUT2D eigenvalue weighted by molar-refractivity contribution is 5.30. The largest absolute Gasteiger partial charge is 0.477 e. The molecule has 0 fully saturated rings. The van der Waals surface area contributed by atoms with Gasteiger partial charge in [0.25, 0.3) is 0 Å². The van der Waals surface area contributed by atoms with E-state index in [-0.39, 0.29) is 0 Å². The van der Waals surface area contributed by atoms with Gasteiger partial charge in [-0.1, -0.05) is 30.3 Å². The summed E-state index contributed by atoms with van der Waals surface area (Å²) in [6, 6.07) is 10.3. The second kappa shape index (κ2) is 4.64. The van der Waals surface area contributed by atoms with Crippen molar-refractivity contribution in [2.45, 2.75) is 13.3 Å². The Morgan fingerprint density at radius 1 is 1.27 bits per heavy atom. The van der Waals surface area contributed by atoms with Crippen LogP contribution in [0.2, 0.25) is 0 Å². The van der Waals surface area contributed by atoms with E-state index in [2.05, 4.69) is 22.3 Å². The highest BCUT2D eigenvalue weighted by Gasteiger charge is 2.06. The standard InChI is InChI=1S/C12H14N2O/c1-2-15-12-11(9-13-14-12)8-10-6-4-3-5-7-10/h3-7,9H,2,8H2,1H3,(H,13,14). The van der Waals surface area contributed by atoms with Crippen LogP contribution in [0.1, 0.15) is 18.1 Å². The van der Waals surface area contributed by atoms with Gasteiger partial charge in [0.15, 0.2) is 0 Å². The summed E-state index contributed by atoms with van der Waals surface area (Å²) in [5.74, 6) is 0.710. The van der Waals surface area contributed by atoms with Crippen LogP contribution >= 0.6 is 0 Å². The van der Waals surface area contributed by atoms with E-state index in [1.807, 2.05) is 31.3 Å². The number of nitrogens with one attached hydrogen (secondary N) is 1. The van der Waals surface area contributed by atoms with Gasteiger partial charge in [0.1, 0.15) is 0 Å². The average Bonchev–Trinajstić information content (AvgIpc) is 2.68. The van der Waals surface area contributed by atoms with Crippen LogP contribution in [-0.4, -0.2) is 16.8 Å². The number of aromatic nitrogens is 2. The van der Waals surface area contributed by atoms with Gasteiger partial charge in [-0.3, -0.25) is 5.10 Å². The molecule has 1 heterocycles. The minimum absolute atomic E-state index is 0.645. The molecule has 0 bridgehead atoms. The summed E-state index contributed by atoms with van der Waals surface area (Å²) in [6.45, 7) is 2.60. The fourth-order valence-corrected chi connectivity index (χ4v) is 1.51. The zero-order chi connectivity index (χ0) is 10.5. The Labute approximate surface area is 89.1 Å². The molecule has 2 aromatic rings. The molecule has 0 aliphatic carbocycles. The summed E-state index contributed by atoms with van der Waals surface area (Å²) < 4.78 is 5.41. The Morgan fingerprint density at radius 2 is 2.07 bits per heavy atom. The van der Waals surface area contributed by atoms with Gasteiger partial charge in [-0.2, -0.15) is 0 Å². The van der Waals surface area contributed by atoms with Gasteiger partial charge < -0.3 is 4.74 Å². The highest BCUT2D eigenvalue weighted by Crippen LogP contribution is 2.17. The number of hydrogen-bond donors (Lipinski definition) is 1. The van der Waals surface area contributed by atoms with Gasteiger partial charge in [-0.25, -0.2) is 0 Å². The molecule has 0 spiro atoms. The maximum atomic E-state index is 5.41. The predicted molar refractivity (Wildman–Crippen MR) is 59.0 cm³/mol. The van der Waals surface area contributed by atoms with Gasteiger partial charge >= 0.3 is 0 Å². The monoisotopic (exact) mass is 202 g/mol. The van der Waals surface area contributed by atoms with Crippen molar-refractivity contribution < 1.29 is 4.74 Å². The normalized spacial score (nSPS) is 10.2. The van der Waals surface area contributed by atoms with E-state index >= 15 is 0 Å². The van der Waals surface area contributed by atoms with Crippen molar-refractivity contribution in [3.8, 4) is 5.88 Å². The van der Waals surface area contributed by atoms with Crippen molar-refractivity contribution in [2.75, 3.05) is 6.61 Å². The molecule has 1 N–H and O–H groups in total. The molecule has 0 radical (unpaired) electrons. The van der Waals surface area contributed by atoms with Crippen LogP contribution in [0.5, 0.6) is 5.88 Å².